The van der Waals surface area contributed by atoms with Crippen LogP contribution in [0.4, 0.5) is 5.69 Å². The molecule has 3 aromatic rings. The Labute approximate surface area is 160 Å². The van der Waals surface area contributed by atoms with Crippen molar-refractivity contribution in [1.29, 1.82) is 0 Å². The van der Waals surface area contributed by atoms with E-state index in [0.29, 0.717) is 27.4 Å². The van der Waals surface area contributed by atoms with E-state index < -0.39 is 0 Å². The highest BCUT2D eigenvalue weighted by Gasteiger charge is 2.13. The van der Waals surface area contributed by atoms with Gasteiger partial charge in [0, 0.05) is 22.5 Å². The SMILES string of the molecule is COc1cc(Cl)c(C)cc1NC(=O)CSc1nc2nc(C)cc(C)n2n1. The minimum absolute atomic E-state index is 0.166. The number of halogens is 1. The van der Waals surface area contributed by atoms with Crippen LogP contribution in [0.5, 0.6) is 5.75 Å². The van der Waals surface area contributed by atoms with Crippen molar-refractivity contribution < 1.29 is 9.53 Å². The Kier molecular flexibility index (Phi) is 5.33. The van der Waals surface area contributed by atoms with E-state index in [0.717, 1.165) is 17.0 Å². The summed E-state index contributed by atoms with van der Waals surface area (Å²) in [6.07, 6.45) is 0. The number of anilines is 1. The molecule has 9 heteroatoms. The number of aromatic nitrogens is 4. The molecule has 2 aromatic heterocycles. The summed E-state index contributed by atoms with van der Waals surface area (Å²) in [5.74, 6) is 1.02. The molecule has 2 heterocycles. The average molecular weight is 392 g/mol. The van der Waals surface area contributed by atoms with Gasteiger partial charge in [0.25, 0.3) is 5.78 Å². The number of carbonyl (C=O) groups is 1. The Morgan fingerprint density at radius 2 is 2.04 bits per heavy atom. The smallest absolute Gasteiger partial charge is 0.253 e. The normalized spacial score (nSPS) is 11.0. The summed E-state index contributed by atoms with van der Waals surface area (Å²) >= 11 is 7.33. The molecule has 0 radical (unpaired) electrons. The summed E-state index contributed by atoms with van der Waals surface area (Å²) in [6.45, 7) is 5.71. The number of hydrogen-bond acceptors (Lipinski definition) is 6. The standard InChI is InChI=1S/C17H18ClN5O2S/c1-9-5-13(14(25-4)7-12(9)18)20-15(24)8-26-17-21-16-19-10(2)6-11(3)23(16)22-17/h5-7H,8H2,1-4H3,(H,20,24). The maximum Gasteiger partial charge on any atom is 0.253 e. The molecule has 0 fully saturated rings. The predicted molar refractivity (Wildman–Crippen MR) is 102 cm³/mol. The van der Waals surface area contributed by atoms with Crippen molar-refractivity contribution in [1.82, 2.24) is 19.6 Å². The second kappa shape index (κ2) is 7.51. The van der Waals surface area contributed by atoms with Crippen LogP contribution in [0.15, 0.2) is 23.4 Å². The third kappa shape index (κ3) is 3.91. The zero-order valence-electron chi connectivity index (χ0n) is 14.8. The van der Waals surface area contributed by atoms with Crippen LogP contribution in [0.3, 0.4) is 0 Å². The molecule has 0 aliphatic rings. The molecule has 3 rings (SSSR count). The van der Waals surface area contributed by atoms with Crippen molar-refractivity contribution in [2.45, 2.75) is 25.9 Å². The molecule has 7 nitrogen and oxygen atoms in total. The largest absolute Gasteiger partial charge is 0.495 e. The Hall–Kier alpha value is -2.32. The van der Waals surface area contributed by atoms with Crippen molar-refractivity contribution in [3.63, 3.8) is 0 Å². The fraction of sp³-hybridized carbons (Fsp3) is 0.294. The lowest BCUT2D eigenvalue weighted by Gasteiger charge is -2.11. The van der Waals surface area contributed by atoms with Gasteiger partial charge in [0.2, 0.25) is 11.1 Å². The molecule has 0 saturated heterocycles. The van der Waals surface area contributed by atoms with Crippen molar-refractivity contribution >= 4 is 40.7 Å². The molecule has 0 aliphatic carbocycles. The molecular formula is C17H18ClN5O2S. The van der Waals surface area contributed by atoms with E-state index in [-0.39, 0.29) is 11.7 Å². The molecule has 0 aliphatic heterocycles. The van der Waals surface area contributed by atoms with Crippen LogP contribution in [0.2, 0.25) is 5.02 Å². The van der Waals surface area contributed by atoms with Gasteiger partial charge in [0.1, 0.15) is 5.75 Å². The Bertz CT molecular complexity index is 989. The second-order valence-electron chi connectivity index (χ2n) is 5.78. The highest BCUT2D eigenvalue weighted by Crippen LogP contribution is 2.31. The number of benzene rings is 1. The van der Waals surface area contributed by atoms with E-state index in [4.69, 9.17) is 16.3 Å². The van der Waals surface area contributed by atoms with Gasteiger partial charge in [-0.25, -0.2) is 9.50 Å². The fourth-order valence-electron chi connectivity index (χ4n) is 2.46. The monoisotopic (exact) mass is 391 g/mol. The number of fused-ring (bicyclic) bond motifs is 1. The minimum atomic E-state index is -0.185. The van der Waals surface area contributed by atoms with E-state index in [1.54, 1.807) is 16.6 Å². The third-order valence-corrected chi connectivity index (χ3v) is 4.93. The van der Waals surface area contributed by atoms with Crippen molar-refractivity contribution in [2.24, 2.45) is 0 Å². The maximum absolute atomic E-state index is 12.3. The van der Waals surface area contributed by atoms with Gasteiger partial charge in [-0.15, -0.1) is 5.10 Å². The van der Waals surface area contributed by atoms with Crippen molar-refractivity contribution in [2.75, 3.05) is 18.2 Å². The number of rotatable bonds is 5. The first kappa shape index (κ1) is 18.5. The molecule has 0 bridgehead atoms. The zero-order valence-corrected chi connectivity index (χ0v) is 16.4. The molecule has 0 unspecified atom stereocenters. The predicted octanol–water partition coefficient (Wildman–Crippen LogP) is 3.44. The molecule has 1 aromatic carbocycles. The number of ether oxygens (including phenoxy) is 1. The molecule has 136 valence electrons. The highest BCUT2D eigenvalue weighted by molar-refractivity contribution is 7.99. The number of carbonyl (C=O) groups excluding carboxylic acids is 1. The number of amides is 1. The first-order chi connectivity index (χ1) is 12.4. The van der Waals surface area contributed by atoms with Crippen LogP contribution >= 0.6 is 23.4 Å². The van der Waals surface area contributed by atoms with Gasteiger partial charge in [0.15, 0.2) is 0 Å². The van der Waals surface area contributed by atoms with E-state index in [2.05, 4.69) is 20.4 Å². The summed E-state index contributed by atoms with van der Waals surface area (Å²) in [4.78, 5) is 21.0. The quantitative estimate of drug-likeness (QED) is 0.671. The third-order valence-electron chi connectivity index (χ3n) is 3.69. The summed E-state index contributed by atoms with van der Waals surface area (Å²) in [5, 5.41) is 8.29. The first-order valence-corrected chi connectivity index (χ1v) is 9.21. The average Bonchev–Trinajstić information content (AvgIpc) is 2.99. The minimum Gasteiger partial charge on any atom is -0.495 e. The maximum atomic E-state index is 12.3. The van der Waals surface area contributed by atoms with Gasteiger partial charge < -0.3 is 10.1 Å². The van der Waals surface area contributed by atoms with Crippen LogP contribution in [-0.4, -0.2) is 38.4 Å². The second-order valence-corrected chi connectivity index (χ2v) is 7.13. The van der Waals surface area contributed by atoms with Crippen molar-refractivity contribution in [3.05, 3.63) is 40.2 Å². The van der Waals surface area contributed by atoms with E-state index >= 15 is 0 Å². The number of methoxy groups -OCH3 is 1. The number of nitrogens with one attached hydrogen (secondary N) is 1. The number of hydrogen-bond donors (Lipinski definition) is 1. The van der Waals surface area contributed by atoms with Crippen LogP contribution in [0.1, 0.15) is 17.0 Å². The molecule has 1 amide bonds. The van der Waals surface area contributed by atoms with Crippen LogP contribution in [-0.2, 0) is 4.79 Å². The van der Waals surface area contributed by atoms with Crippen LogP contribution in [0, 0.1) is 20.8 Å². The van der Waals surface area contributed by atoms with E-state index in [9.17, 15) is 4.79 Å². The lowest BCUT2D eigenvalue weighted by atomic mass is 10.2. The summed E-state index contributed by atoms with van der Waals surface area (Å²) in [6, 6.07) is 5.39. The van der Waals surface area contributed by atoms with Gasteiger partial charge in [-0.3, -0.25) is 4.79 Å². The number of nitrogens with zero attached hydrogens (tertiary/aromatic N) is 4. The molecule has 26 heavy (non-hydrogen) atoms. The van der Waals surface area contributed by atoms with Gasteiger partial charge in [-0.05, 0) is 38.5 Å². The van der Waals surface area contributed by atoms with Crippen molar-refractivity contribution in [3.8, 4) is 5.75 Å². The van der Waals surface area contributed by atoms with Gasteiger partial charge >= 0.3 is 0 Å². The Morgan fingerprint density at radius 1 is 1.27 bits per heavy atom. The van der Waals surface area contributed by atoms with Gasteiger partial charge in [-0.1, -0.05) is 23.4 Å². The number of thioether (sulfide) groups is 1. The Morgan fingerprint density at radius 3 is 2.77 bits per heavy atom. The Balaban J connectivity index is 1.70. The van der Waals surface area contributed by atoms with E-state index in [1.807, 2.05) is 26.8 Å². The lowest BCUT2D eigenvalue weighted by Crippen LogP contribution is -2.15. The lowest BCUT2D eigenvalue weighted by molar-refractivity contribution is -0.113. The molecular weight excluding hydrogens is 374 g/mol. The number of aryl methyl sites for hydroxylation is 3. The first-order valence-electron chi connectivity index (χ1n) is 7.85. The molecule has 0 atom stereocenters. The summed E-state index contributed by atoms with van der Waals surface area (Å²) < 4.78 is 6.93. The van der Waals surface area contributed by atoms with Gasteiger partial charge in [-0.2, -0.15) is 4.98 Å². The molecule has 1 N–H and O–H groups in total. The fourth-order valence-corrected chi connectivity index (χ4v) is 3.23. The summed E-state index contributed by atoms with van der Waals surface area (Å²) in [5.41, 5.74) is 3.25. The molecule has 0 spiro atoms. The van der Waals surface area contributed by atoms with Gasteiger partial charge in [0.05, 0.1) is 18.6 Å². The van der Waals surface area contributed by atoms with E-state index in [1.165, 1.54) is 18.9 Å². The molecule has 0 saturated carbocycles. The van der Waals surface area contributed by atoms with Crippen LogP contribution in [0.25, 0.3) is 5.78 Å². The summed E-state index contributed by atoms with van der Waals surface area (Å²) in [7, 11) is 1.53. The zero-order chi connectivity index (χ0) is 18.8. The topological polar surface area (TPSA) is 81.4 Å². The highest BCUT2D eigenvalue weighted by atomic mass is 35.5. The van der Waals surface area contributed by atoms with Crippen LogP contribution < -0.4 is 10.1 Å².